The van der Waals surface area contributed by atoms with Crippen molar-refractivity contribution in [3.05, 3.63) is 84.4 Å². The number of carbonyl (C=O) groups is 1. The fourth-order valence-corrected chi connectivity index (χ4v) is 4.17. The van der Waals surface area contributed by atoms with Crippen LogP contribution < -0.4 is 11.5 Å². The maximum atomic E-state index is 11.8. The van der Waals surface area contributed by atoms with Crippen LogP contribution in [0.25, 0.3) is 10.8 Å². The molecule has 0 aromatic heterocycles. The van der Waals surface area contributed by atoms with E-state index in [1.165, 1.54) is 6.07 Å². The molecule has 1 amide bonds. The van der Waals surface area contributed by atoms with E-state index in [0.29, 0.717) is 17.8 Å². The fourth-order valence-electron chi connectivity index (χ4n) is 3.10. The first kappa shape index (κ1) is 29.0. The summed E-state index contributed by atoms with van der Waals surface area (Å²) in [6, 6.07) is 18.7. The summed E-state index contributed by atoms with van der Waals surface area (Å²) in [5.41, 5.74) is 0.974. The summed E-state index contributed by atoms with van der Waals surface area (Å²) < 4.78 is 61.8. The summed E-state index contributed by atoms with van der Waals surface area (Å²) in [7, 11) is -9.26. The molecule has 4 aromatic carbocycles. The second kappa shape index (κ2) is 11.2. The van der Waals surface area contributed by atoms with Crippen LogP contribution in [0.15, 0.2) is 88.7 Å². The highest BCUT2D eigenvalue weighted by molar-refractivity contribution is 7.86. The number of nitrogens with one attached hydrogen (secondary N) is 1. The van der Waals surface area contributed by atoms with Crippen LogP contribution in [-0.4, -0.2) is 47.2 Å². The van der Waals surface area contributed by atoms with Gasteiger partial charge in [0, 0.05) is 17.8 Å². The Balaban J connectivity index is 0.000000259. The summed E-state index contributed by atoms with van der Waals surface area (Å²) in [6.07, 6.45) is 0. The molecule has 0 fully saturated rings. The number of phenolic OH excluding ortho intramolecular Hbond substituents is 3. The lowest BCUT2D eigenvalue weighted by atomic mass is 10.1. The molecule has 196 valence electrons. The number of hydrogen-bond acceptors (Lipinski definition) is 9. The van der Waals surface area contributed by atoms with Gasteiger partial charge in [-0.05, 0) is 41.8 Å². The minimum absolute atomic E-state index is 0. The van der Waals surface area contributed by atoms with E-state index in [4.69, 9.17) is 9.11 Å². The molecule has 12 nitrogen and oxygen atoms in total. The number of anilines is 1. The van der Waals surface area contributed by atoms with Gasteiger partial charge in [0.25, 0.3) is 26.1 Å². The average Bonchev–Trinajstić information content (AvgIpc) is 2.78. The minimum Gasteiger partial charge on any atom is -0.507 e. The maximum Gasteiger partial charge on any atom is 0.294 e. The van der Waals surface area contributed by atoms with Crippen LogP contribution >= 0.6 is 0 Å². The summed E-state index contributed by atoms with van der Waals surface area (Å²) in [4.78, 5) is 10.4. The standard InChI is InChI=1S/C13H11NO2.C10H8O8S2.H3N/c15-12-9-5-4-8-11(12)13(16)14-10-6-2-1-3-7-10;11-8-3-6(19(13,14)15)1-5-2-7(20(16,17)18)4-9(12)10(5)8;/h1-9,15H,(H,14,16);1-4,11-12H,(H,13,14,15)(H,16,17,18);1H3. The van der Waals surface area contributed by atoms with Gasteiger partial charge in [-0.3, -0.25) is 13.9 Å². The number of para-hydroxylation sites is 2. The first-order valence-corrected chi connectivity index (χ1v) is 12.7. The molecule has 0 radical (unpaired) electrons. The molecule has 37 heavy (non-hydrogen) atoms. The summed E-state index contributed by atoms with van der Waals surface area (Å²) in [6.45, 7) is 0. The zero-order valence-electron chi connectivity index (χ0n) is 18.8. The zero-order chi connectivity index (χ0) is 26.7. The van der Waals surface area contributed by atoms with Crippen molar-refractivity contribution in [3.63, 3.8) is 0 Å². The Hall–Kier alpha value is -4.21. The highest BCUT2D eigenvalue weighted by Crippen LogP contribution is 2.37. The summed E-state index contributed by atoms with van der Waals surface area (Å²) >= 11 is 0. The van der Waals surface area contributed by atoms with Gasteiger partial charge in [0.2, 0.25) is 0 Å². The minimum atomic E-state index is -4.63. The van der Waals surface area contributed by atoms with E-state index in [-0.39, 0.29) is 34.1 Å². The Labute approximate surface area is 211 Å². The number of carbonyl (C=O) groups excluding carboxylic acids is 1. The van der Waals surface area contributed by atoms with Crippen LogP contribution in [-0.2, 0) is 20.2 Å². The van der Waals surface area contributed by atoms with Gasteiger partial charge in [0.15, 0.2) is 0 Å². The van der Waals surface area contributed by atoms with Crippen molar-refractivity contribution in [2.75, 3.05) is 5.32 Å². The molecule has 0 spiro atoms. The molecule has 0 atom stereocenters. The SMILES string of the molecule is N.O=C(Nc1ccccc1)c1ccccc1O.O=S(=O)(O)c1cc(O)c2c(O)cc(S(=O)(=O)O)cc2c1. The van der Waals surface area contributed by atoms with Gasteiger partial charge in [-0.25, -0.2) is 0 Å². The van der Waals surface area contributed by atoms with Crippen molar-refractivity contribution in [1.82, 2.24) is 6.15 Å². The fraction of sp³-hybridized carbons (Fsp3) is 0. The smallest absolute Gasteiger partial charge is 0.294 e. The highest BCUT2D eigenvalue weighted by atomic mass is 32.2. The Morgan fingerprint density at radius 3 is 1.57 bits per heavy atom. The number of phenols is 3. The number of aromatic hydroxyl groups is 3. The highest BCUT2D eigenvalue weighted by Gasteiger charge is 2.19. The van der Waals surface area contributed by atoms with Gasteiger partial charge in [0.1, 0.15) is 17.2 Å². The quantitative estimate of drug-likeness (QED) is 0.181. The van der Waals surface area contributed by atoms with Gasteiger partial charge < -0.3 is 26.8 Å². The number of rotatable bonds is 4. The van der Waals surface area contributed by atoms with E-state index < -0.39 is 41.5 Å². The Morgan fingerprint density at radius 2 is 1.11 bits per heavy atom. The van der Waals surface area contributed by atoms with Crippen molar-refractivity contribution in [3.8, 4) is 17.2 Å². The normalized spacial score (nSPS) is 11.1. The zero-order valence-corrected chi connectivity index (χ0v) is 20.4. The van der Waals surface area contributed by atoms with E-state index in [0.717, 1.165) is 12.1 Å². The van der Waals surface area contributed by atoms with Crippen LogP contribution in [0.4, 0.5) is 5.69 Å². The second-order valence-corrected chi connectivity index (χ2v) is 10.1. The number of benzene rings is 4. The Morgan fingerprint density at radius 1 is 0.649 bits per heavy atom. The van der Waals surface area contributed by atoms with Gasteiger partial charge >= 0.3 is 0 Å². The summed E-state index contributed by atoms with van der Waals surface area (Å²) in [5, 5.41) is 31.1. The van der Waals surface area contributed by atoms with Crippen molar-refractivity contribution < 1.29 is 46.1 Å². The lowest BCUT2D eigenvalue weighted by Gasteiger charge is -2.08. The predicted octanol–water partition coefficient (Wildman–Crippen LogP) is 3.55. The number of fused-ring (bicyclic) bond motifs is 1. The monoisotopic (exact) mass is 550 g/mol. The molecule has 0 saturated heterocycles. The van der Waals surface area contributed by atoms with E-state index in [9.17, 15) is 36.9 Å². The van der Waals surface area contributed by atoms with Crippen molar-refractivity contribution >= 4 is 42.6 Å². The molecule has 0 aliphatic carbocycles. The van der Waals surface area contributed by atoms with Crippen LogP contribution in [0.3, 0.4) is 0 Å². The van der Waals surface area contributed by atoms with Crippen molar-refractivity contribution in [2.45, 2.75) is 9.79 Å². The molecule has 0 bridgehead atoms. The molecule has 9 N–H and O–H groups in total. The first-order valence-electron chi connectivity index (χ1n) is 9.86. The van der Waals surface area contributed by atoms with Crippen LogP contribution in [0.2, 0.25) is 0 Å². The topological polar surface area (TPSA) is 234 Å². The molecule has 14 heteroatoms. The van der Waals surface area contributed by atoms with Gasteiger partial charge in [-0.15, -0.1) is 0 Å². The molecule has 0 aliphatic heterocycles. The number of amides is 1. The molecular formula is C23H22N2O10S2. The average molecular weight is 551 g/mol. The van der Waals surface area contributed by atoms with Gasteiger partial charge in [0.05, 0.1) is 20.7 Å². The third-order valence-corrected chi connectivity index (χ3v) is 6.39. The molecule has 0 heterocycles. The van der Waals surface area contributed by atoms with E-state index >= 15 is 0 Å². The summed E-state index contributed by atoms with van der Waals surface area (Å²) in [5.74, 6) is -1.68. The van der Waals surface area contributed by atoms with E-state index in [1.54, 1.807) is 30.3 Å². The molecular weight excluding hydrogens is 528 g/mol. The predicted molar refractivity (Wildman–Crippen MR) is 134 cm³/mol. The van der Waals surface area contributed by atoms with Gasteiger partial charge in [-0.1, -0.05) is 30.3 Å². The Kier molecular flexibility index (Phi) is 8.81. The van der Waals surface area contributed by atoms with Crippen LogP contribution in [0.5, 0.6) is 17.2 Å². The third-order valence-electron chi connectivity index (χ3n) is 4.73. The lowest BCUT2D eigenvalue weighted by molar-refractivity contribution is 0.102. The first-order chi connectivity index (χ1) is 16.8. The Bertz CT molecular complexity index is 1580. The maximum absolute atomic E-state index is 11.8. The second-order valence-electron chi connectivity index (χ2n) is 7.27. The van der Waals surface area contributed by atoms with Crippen molar-refractivity contribution in [1.29, 1.82) is 0 Å². The third kappa shape index (κ3) is 7.16. The van der Waals surface area contributed by atoms with Crippen molar-refractivity contribution in [2.24, 2.45) is 0 Å². The molecule has 4 rings (SSSR count). The largest absolute Gasteiger partial charge is 0.507 e. The molecule has 4 aromatic rings. The van der Waals surface area contributed by atoms with Gasteiger partial charge in [-0.2, -0.15) is 16.8 Å². The van der Waals surface area contributed by atoms with Crippen LogP contribution in [0, 0.1) is 0 Å². The van der Waals surface area contributed by atoms with E-state index in [1.807, 2.05) is 18.2 Å². The molecule has 0 aliphatic rings. The molecule has 0 unspecified atom stereocenters. The van der Waals surface area contributed by atoms with Crippen LogP contribution in [0.1, 0.15) is 10.4 Å². The lowest BCUT2D eigenvalue weighted by Crippen LogP contribution is -2.11. The molecule has 0 saturated carbocycles. The number of hydrogen-bond donors (Lipinski definition) is 7. The van der Waals surface area contributed by atoms with E-state index in [2.05, 4.69) is 5.32 Å².